The third-order valence-electron chi connectivity index (χ3n) is 3.48. The lowest BCUT2D eigenvalue weighted by Crippen LogP contribution is -2.39. The van der Waals surface area contributed by atoms with Gasteiger partial charge in [0.05, 0.1) is 5.69 Å². The van der Waals surface area contributed by atoms with E-state index in [4.69, 9.17) is 0 Å². The van der Waals surface area contributed by atoms with Crippen LogP contribution in [0.1, 0.15) is 30.7 Å². The van der Waals surface area contributed by atoms with Gasteiger partial charge in [-0.15, -0.1) is 5.10 Å². The van der Waals surface area contributed by atoms with Crippen LogP contribution < -0.4 is 5.32 Å². The molecule has 0 bridgehead atoms. The molecule has 0 saturated heterocycles. The Kier molecular flexibility index (Phi) is 5.25. The maximum atomic E-state index is 9.24. The number of rotatable bonds is 5. The summed E-state index contributed by atoms with van der Waals surface area (Å²) < 4.78 is 0. The summed E-state index contributed by atoms with van der Waals surface area (Å²) in [5.74, 6) is 1.10. The highest BCUT2D eigenvalue weighted by molar-refractivity contribution is 5.55. The van der Waals surface area contributed by atoms with E-state index in [0.717, 1.165) is 17.8 Å². The van der Waals surface area contributed by atoms with Gasteiger partial charge in [0.25, 0.3) is 0 Å². The summed E-state index contributed by atoms with van der Waals surface area (Å²) in [5.41, 5.74) is 2.29. The van der Waals surface area contributed by atoms with Gasteiger partial charge in [0, 0.05) is 12.6 Å². The van der Waals surface area contributed by atoms with E-state index in [1.807, 2.05) is 13.8 Å². The number of nitrogens with one attached hydrogen (secondary N) is 1. The van der Waals surface area contributed by atoms with Gasteiger partial charge in [0.15, 0.2) is 5.82 Å². The fraction of sp³-hybridized carbons (Fsp3) is 0.643. The summed E-state index contributed by atoms with van der Waals surface area (Å²) in [4.78, 5) is 2.18. The molecule has 0 spiro atoms. The quantitative estimate of drug-likeness (QED) is 0.877. The van der Waals surface area contributed by atoms with E-state index in [0.29, 0.717) is 23.3 Å². The van der Waals surface area contributed by atoms with E-state index >= 15 is 0 Å². The van der Waals surface area contributed by atoms with Crippen molar-refractivity contribution in [2.24, 2.45) is 5.92 Å². The zero-order chi connectivity index (χ0) is 14.6. The molecule has 0 aliphatic rings. The number of nitrogens with zero attached hydrogens (tertiary/aromatic N) is 4. The van der Waals surface area contributed by atoms with E-state index in [1.165, 1.54) is 0 Å². The Morgan fingerprint density at radius 2 is 1.89 bits per heavy atom. The minimum atomic E-state index is 0.384. The van der Waals surface area contributed by atoms with Gasteiger partial charge in [-0.05, 0) is 39.4 Å². The first-order valence-electron chi connectivity index (χ1n) is 6.52. The van der Waals surface area contributed by atoms with Gasteiger partial charge in [0.2, 0.25) is 0 Å². The van der Waals surface area contributed by atoms with Gasteiger partial charge >= 0.3 is 0 Å². The van der Waals surface area contributed by atoms with Crippen molar-refractivity contribution in [3.8, 4) is 6.07 Å². The lowest BCUT2D eigenvalue weighted by molar-refractivity contribution is 0.243. The van der Waals surface area contributed by atoms with Gasteiger partial charge in [-0.25, -0.2) is 0 Å². The average Bonchev–Trinajstić information content (AvgIpc) is 2.33. The van der Waals surface area contributed by atoms with Crippen molar-refractivity contribution in [2.75, 3.05) is 26.0 Å². The van der Waals surface area contributed by atoms with Crippen molar-refractivity contribution < 1.29 is 0 Å². The first kappa shape index (κ1) is 15.4. The fourth-order valence-electron chi connectivity index (χ4n) is 2.08. The van der Waals surface area contributed by atoms with Crippen LogP contribution in [0.15, 0.2) is 0 Å². The molecule has 0 aliphatic heterocycles. The molecular weight excluding hydrogens is 238 g/mol. The van der Waals surface area contributed by atoms with Crippen molar-refractivity contribution in [2.45, 2.75) is 33.7 Å². The zero-order valence-corrected chi connectivity index (χ0v) is 12.7. The summed E-state index contributed by atoms with van der Waals surface area (Å²) in [7, 11) is 4.12. The van der Waals surface area contributed by atoms with Crippen LogP contribution in [0.3, 0.4) is 0 Å². The number of likely N-dealkylation sites (N-methyl/N-ethyl adjacent to an activating group) is 1. The molecule has 1 aromatic rings. The number of aromatic nitrogens is 2. The molecule has 1 unspecified atom stereocenters. The maximum absolute atomic E-state index is 9.24. The van der Waals surface area contributed by atoms with Gasteiger partial charge in [-0.3, -0.25) is 0 Å². The number of hydrogen-bond acceptors (Lipinski definition) is 5. The molecule has 1 N–H and O–H groups in total. The van der Waals surface area contributed by atoms with Crippen LogP contribution in [0.4, 0.5) is 5.82 Å². The molecule has 0 amide bonds. The van der Waals surface area contributed by atoms with Crippen molar-refractivity contribution in [1.29, 1.82) is 5.26 Å². The molecule has 0 saturated carbocycles. The Hall–Kier alpha value is -1.67. The standard InChI is InChI=1S/C14H23N5/c1-9(2)13(19(5)6)8-16-14-12(7-15)10(3)11(4)17-18-14/h9,13H,8H2,1-6H3,(H,16,18). The third kappa shape index (κ3) is 3.65. The Labute approximate surface area is 115 Å². The maximum Gasteiger partial charge on any atom is 0.166 e. The molecule has 1 rings (SSSR count). The smallest absolute Gasteiger partial charge is 0.166 e. The minimum absolute atomic E-state index is 0.384. The average molecular weight is 261 g/mol. The Morgan fingerprint density at radius 1 is 1.26 bits per heavy atom. The first-order chi connectivity index (χ1) is 8.88. The first-order valence-corrected chi connectivity index (χ1v) is 6.52. The van der Waals surface area contributed by atoms with E-state index in [-0.39, 0.29) is 0 Å². The van der Waals surface area contributed by atoms with Crippen molar-refractivity contribution >= 4 is 5.82 Å². The van der Waals surface area contributed by atoms with Crippen LogP contribution in [0.2, 0.25) is 0 Å². The molecule has 1 heterocycles. The Bertz CT molecular complexity index is 465. The molecule has 19 heavy (non-hydrogen) atoms. The van der Waals surface area contributed by atoms with Gasteiger partial charge in [-0.1, -0.05) is 13.8 Å². The van der Waals surface area contributed by atoms with E-state index < -0.39 is 0 Å². The van der Waals surface area contributed by atoms with E-state index in [1.54, 1.807) is 0 Å². The Balaban J connectivity index is 2.90. The summed E-state index contributed by atoms with van der Waals surface area (Å²) >= 11 is 0. The summed E-state index contributed by atoms with van der Waals surface area (Å²) in [6.07, 6.45) is 0. The van der Waals surface area contributed by atoms with Crippen LogP contribution in [0, 0.1) is 31.1 Å². The summed E-state index contributed by atoms with van der Waals surface area (Å²) in [5, 5.41) is 20.7. The SMILES string of the molecule is Cc1nnc(NCC(C(C)C)N(C)C)c(C#N)c1C. The highest BCUT2D eigenvalue weighted by atomic mass is 15.2. The van der Waals surface area contributed by atoms with E-state index in [9.17, 15) is 5.26 Å². The lowest BCUT2D eigenvalue weighted by Gasteiger charge is -2.28. The second kappa shape index (κ2) is 6.48. The minimum Gasteiger partial charge on any atom is -0.366 e. The molecular formula is C14H23N5. The number of nitriles is 1. The van der Waals surface area contributed by atoms with Gasteiger partial charge < -0.3 is 10.2 Å². The van der Waals surface area contributed by atoms with Crippen LogP contribution in [0.25, 0.3) is 0 Å². The number of hydrogen-bond donors (Lipinski definition) is 1. The fourth-order valence-corrected chi connectivity index (χ4v) is 2.08. The van der Waals surface area contributed by atoms with Crippen molar-refractivity contribution in [3.63, 3.8) is 0 Å². The topological polar surface area (TPSA) is 64.8 Å². The third-order valence-corrected chi connectivity index (χ3v) is 3.48. The van der Waals surface area contributed by atoms with Gasteiger partial charge in [-0.2, -0.15) is 10.4 Å². The molecule has 5 nitrogen and oxygen atoms in total. The van der Waals surface area contributed by atoms with Gasteiger partial charge in [0.1, 0.15) is 11.6 Å². The monoisotopic (exact) mass is 261 g/mol. The highest BCUT2D eigenvalue weighted by Crippen LogP contribution is 2.18. The summed E-state index contributed by atoms with van der Waals surface area (Å²) in [6.45, 7) is 8.88. The highest BCUT2D eigenvalue weighted by Gasteiger charge is 2.17. The lowest BCUT2D eigenvalue weighted by atomic mass is 10.0. The van der Waals surface area contributed by atoms with Crippen molar-refractivity contribution in [1.82, 2.24) is 15.1 Å². The molecule has 0 aliphatic carbocycles. The van der Waals surface area contributed by atoms with E-state index in [2.05, 4.69) is 54.4 Å². The Morgan fingerprint density at radius 3 is 2.37 bits per heavy atom. The van der Waals surface area contributed by atoms with Crippen molar-refractivity contribution in [3.05, 3.63) is 16.8 Å². The van der Waals surface area contributed by atoms with Crippen LogP contribution >= 0.6 is 0 Å². The number of aryl methyl sites for hydroxylation is 1. The summed E-state index contributed by atoms with van der Waals surface area (Å²) in [6, 6.07) is 2.59. The predicted octanol–water partition coefficient (Wildman–Crippen LogP) is 1.96. The second-order valence-corrected chi connectivity index (χ2v) is 5.40. The number of anilines is 1. The van der Waals surface area contributed by atoms with Crippen LogP contribution in [-0.2, 0) is 0 Å². The zero-order valence-electron chi connectivity index (χ0n) is 12.7. The molecule has 104 valence electrons. The molecule has 1 aromatic heterocycles. The molecule has 5 heteroatoms. The normalized spacial score (nSPS) is 12.6. The molecule has 1 atom stereocenters. The van der Waals surface area contributed by atoms with Crippen LogP contribution in [0.5, 0.6) is 0 Å². The second-order valence-electron chi connectivity index (χ2n) is 5.40. The van der Waals surface area contributed by atoms with Crippen LogP contribution in [-0.4, -0.2) is 41.8 Å². The largest absolute Gasteiger partial charge is 0.366 e. The molecule has 0 radical (unpaired) electrons. The predicted molar refractivity (Wildman–Crippen MR) is 77.0 cm³/mol. The molecule has 0 aromatic carbocycles. The molecule has 0 fully saturated rings.